The lowest BCUT2D eigenvalue weighted by atomic mass is 9.89. The molecule has 1 aliphatic heterocycles. The van der Waals surface area contributed by atoms with Gasteiger partial charge in [0.25, 0.3) is 11.8 Å². The third kappa shape index (κ3) is 4.16. The summed E-state index contributed by atoms with van der Waals surface area (Å²) in [6.45, 7) is 0.911. The summed E-state index contributed by atoms with van der Waals surface area (Å²) in [6.07, 6.45) is 10.6. The molecule has 9 nitrogen and oxygen atoms in total. The number of methoxy groups -OCH3 is 1. The highest BCUT2D eigenvalue weighted by Crippen LogP contribution is 2.34. The van der Waals surface area contributed by atoms with Crippen molar-refractivity contribution in [3.05, 3.63) is 89.8 Å². The Bertz CT molecular complexity index is 1380. The minimum Gasteiger partial charge on any atom is -0.490 e. The molecule has 34 heavy (non-hydrogen) atoms. The van der Waals surface area contributed by atoms with Crippen molar-refractivity contribution in [2.75, 3.05) is 25.6 Å². The number of carbonyl (C=O) groups is 2. The lowest BCUT2D eigenvalue weighted by Gasteiger charge is -2.19. The van der Waals surface area contributed by atoms with Crippen LogP contribution in [-0.4, -0.2) is 41.8 Å². The Morgan fingerprint density at radius 2 is 1.94 bits per heavy atom. The molecular formula is C25H21N5O4. The van der Waals surface area contributed by atoms with E-state index in [0.717, 1.165) is 11.1 Å². The lowest BCUT2D eigenvalue weighted by molar-refractivity contribution is -0.119. The second kappa shape index (κ2) is 9.24. The van der Waals surface area contributed by atoms with Gasteiger partial charge >= 0.3 is 0 Å². The number of hydrogen-bond acceptors (Lipinski definition) is 6. The number of pyridine rings is 1. The van der Waals surface area contributed by atoms with Gasteiger partial charge in [0.2, 0.25) is 0 Å². The smallest absolute Gasteiger partial charge is 0.276 e. The lowest BCUT2D eigenvalue weighted by Crippen LogP contribution is -2.17. The van der Waals surface area contributed by atoms with Gasteiger partial charge in [-0.2, -0.15) is 5.10 Å². The number of rotatable bonds is 7. The Morgan fingerprint density at radius 1 is 1.09 bits per heavy atom. The zero-order chi connectivity index (χ0) is 23.5. The fourth-order valence-corrected chi connectivity index (χ4v) is 3.81. The molecule has 1 aliphatic carbocycles. The summed E-state index contributed by atoms with van der Waals surface area (Å²) in [5, 5.41) is 15.1. The maximum absolute atomic E-state index is 12.9. The average molecular weight is 455 g/mol. The number of benzene rings is 1. The third-order valence-electron chi connectivity index (χ3n) is 5.52. The standard InChI is InChI=1S/C25H21N5O4/c1-33-12-13-34-18-10-11-22-21(14-26-30(22)15-18)24(31)27-17-8-6-16(7-9-17)23-19-4-2-3-5-20(19)25(32)29-28-23/h2-11,14-15,20H,12-13H2,1H3,(H,27,31). The van der Waals surface area contributed by atoms with Gasteiger partial charge in [0.1, 0.15) is 12.4 Å². The maximum Gasteiger partial charge on any atom is 0.276 e. The molecule has 2 aliphatic rings. The van der Waals surface area contributed by atoms with Gasteiger partial charge < -0.3 is 14.8 Å². The fraction of sp³-hybridized carbons (Fsp3) is 0.160. The summed E-state index contributed by atoms with van der Waals surface area (Å²) >= 11 is 0. The summed E-state index contributed by atoms with van der Waals surface area (Å²) < 4.78 is 12.2. The van der Waals surface area contributed by atoms with Crippen molar-refractivity contribution < 1.29 is 19.1 Å². The third-order valence-corrected chi connectivity index (χ3v) is 5.52. The topological polar surface area (TPSA) is 107 Å². The van der Waals surface area contributed by atoms with Crippen LogP contribution in [0, 0.1) is 5.92 Å². The molecule has 0 radical (unpaired) electrons. The van der Waals surface area contributed by atoms with Crippen molar-refractivity contribution in [3.8, 4) is 5.75 Å². The normalized spacial score (nSPS) is 16.7. The van der Waals surface area contributed by atoms with Gasteiger partial charge in [-0.3, -0.25) is 9.59 Å². The molecule has 2 amide bonds. The van der Waals surface area contributed by atoms with Gasteiger partial charge in [-0.1, -0.05) is 36.4 Å². The Kier molecular flexibility index (Phi) is 5.84. The van der Waals surface area contributed by atoms with Crippen LogP contribution >= 0.6 is 0 Å². The van der Waals surface area contributed by atoms with E-state index in [-0.39, 0.29) is 11.8 Å². The minimum absolute atomic E-state index is 0.273. The SMILES string of the molecule is COCCOc1ccc2c(C(=O)Nc3ccc(C4=C5C=CC=CC5C(=O)N=N4)cc3)cnn2c1. The summed E-state index contributed by atoms with van der Waals surface area (Å²) in [4.78, 5) is 24.9. The van der Waals surface area contributed by atoms with Crippen molar-refractivity contribution in [2.45, 2.75) is 0 Å². The van der Waals surface area contributed by atoms with Gasteiger partial charge in [0, 0.05) is 18.4 Å². The van der Waals surface area contributed by atoms with Crippen molar-refractivity contribution in [2.24, 2.45) is 16.1 Å². The van der Waals surface area contributed by atoms with E-state index in [2.05, 4.69) is 20.6 Å². The maximum atomic E-state index is 12.9. The predicted octanol–water partition coefficient (Wildman–Crippen LogP) is 4.06. The van der Waals surface area contributed by atoms with Crippen LogP contribution in [0.2, 0.25) is 0 Å². The predicted molar refractivity (Wildman–Crippen MR) is 126 cm³/mol. The number of nitrogens with one attached hydrogen (secondary N) is 1. The second-order valence-corrected chi connectivity index (χ2v) is 7.69. The first-order valence-corrected chi connectivity index (χ1v) is 10.7. The van der Waals surface area contributed by atoms with Crippen LogP contribution in [-0.2, 0) is 9.53 Å². The Labute approximate surface area is 195 Å². The molecule has 0 saturated carbocycles. The summed E-state index contributed by atoms with van der Waals surface area (Å²) in [5.41, 5.74) is 4.00. The van der Waals surface area contributed by atoms with Crippen LogP contribution in [0.25, 0.3) is 11.2 Å². The van der Waals surface area contributed by atoms with Gasteiger partial charge in [-0.25, -0.2) is 4.52 Å². The number of anilines is 1. The first-order chi connectivity index (χ1) is 16.6. The van der Waals surface area contributed by atoms with Crippen molar-refractivity contribution in [1.82, 2.24) is 9.61 Å². The average Bonchev–Trinajstić information content (AvgIpc) is 3.29. The Balaban J connectivity index is 1.32. The molecule has 1 atom stereocenters. The van der Waals surface area contributed by atoms with Crippen LogP contribution in [0.1, 0.15) is 15.9 Å². The van der Waals surface area contributed by atoms with Crippen molar-refractivity contribution in [1.29, 1.82) is 0 Å². The van der Waals surface area contributed by atoms with Crippen LogP contribution in [0.4, 0.5) is 5.69 Å². The zero-order valence-corrected chi connectivity index (χ0v) is 18.3. The Hall–Kier alpha value is -4.37. The molecule has 3 aromatic rings. The van der Waals surface area contributed by atoms with E-state index in [4.69, 9.17) is 9.47 Å². The molecule has 0 saturated heterocycles. The molecule has 1 unspecified atom stereocenters. The summed E-state index contributed by atoms with van der Waals surface area (Å²) in [6, 6.07) is 10.8. The van der Waals surface area contributed by atoms with Gasteiger partial charge in [0.05, 0.1) is 41.7 Å². The quantitative estimate of drug-likeness (QED) is 0.541. The number of hydrogen-bond donors (Lipinski definition) is 1. The van der Waals surface area contributed by atoms with E-state index in [1.165, 1.54) is 6.20 Å². The molecular weight excluding hydrogens is 434 g/mol. The van der Waals surface area contributed by atoms with E-state index in [1.807, 2.05) is 36.4 Å². The summed E-state index contributed by atoms with van der Waals surface area (Å²) in [7, 11) is 1.61. The molecule has 1 N–H and O–H groups in total. The number of nitrogens with zero attached hydrogens (tertiary/aromatic N) is 4. The number of azo groups is 1. The molecule has 3 heterocycles. The van der Waals surface area contributed by atoms with Crippen molar-refractivity contribution >= 4 is 28.7 Å². The molecule has 2 aromatic heterocycles. The number of ether oxygens (including phenoxy) is 2. The van der Waals surface area contributed by atoms with Gasteiger partial charge in [0.15, 0.2) is 0 Å². The fourth-order valence-electron chi connectivity index (χ4n) is 3.81. The van der Waals surface area contributed by atoms with Crippen molar-refractivity contribution in [3.63, 3.8) is 0 Å². The van der Waals surface area contributed by atoms with Gasteiger partial charge in [-0.15, -0.1) is 10.2 Å². The van der Waals surface area contributed by atoms with Gasteiger partial charge in [-0.05, 0) is 29.8 Å². The number of allylic oxidation sites excluding steroid dienone is 3. The summed E-state index contributed by atoms with van der Waals surface area (Å²) in [5.74, 6) is -0.317. The highest BCUT2D eigenvalue weighted by atomic mass is 16.5. The minimum atomic E-state index is -0.404. The van der Waals surface area contributed by atoms with E-state index >= 15 is 0 Å². The van der Waals surface area contributed by atoms with E-state index in [1.54, 1.807) is 42.1 Å². The Morgan fingerprint density at radius 3 is 2.76 bits per heavy atom. The second-order valence-electron chi connectivity index (χ2n) is 7.69. The molecule has 5 rings (SSSR count). The van der Waals surface area contributed by atoms with E-state index in [0.29, 0.717) is 41.4 Å². The monoisotopic (exact) mass is 455 g/mol. The first kappa shape index (κ1) is 21.5. The number of aromatic nitrogens is 2. The number of carbonyl (C=O) groups excluding carboxylic acids is 2. The molecule has 170 valence electrons. The largest absolute Gasteiger partial charge is 0.490 e. The highest BCUT2D eigenvalue weighted by molar-refractivity contribution is 6.08. The highest BCUT2D eigenvalue weighted by Gasteiger charge is 2.27. The van der Waals surface area contributed by atoms with E-state index < -0.39 is 5.92 Å². The molecule has 0 fully saturated rings. The molecule has 0 spiro atoms. The first-order valence-electron chi connectivity index (χ1n) is 10.7. The number of fused-ring (bicyclic) bond motifs is 2. The van der Waals surface area contributed by atoms with E-state index in [9.17, 15) is 9.59 Å². The molecule has 9 heteroatoms. The van der Waals surface area contributed by atoms with Crippen LogP contribution in [0.3, 0.4) is 0 Å². The van der Waals surface area contributed by atoms with Crippen LogP contribution < -0.4 is 10.1 Å². The van der Waals surface area contributed by atoms with Crippen LogP contribution in [0.5, 0.6) is 5.75 Å². The molecule has 1 aromatic carbocycles. The zero-order valence-electron chi connectivity index (χ0n) is 18.3. The van der Waals surface area contributed by atoms with Crippen LogP contribution in [0.15, 0.2) is 88.9 Å². The molecule has 0 bridgehead atoms. The number of amides is 2.